The summed E-state index contributed by atoms with van der Waals surface area (Å²) in [6.07, 6.45) is 2.04. The van der Waals surface area contributed by atoms with E-state index >= 15 is 0 Å². The third kappa shape index (κ3) is 4.66. The molecule has 0 spiro atoms. The van der Waals surface area contributed by atoms with Gasteiger partial charge in [0.25, 0.3) is 0 Å². The highest BCUT2D eigenvalue weighted by molar-refractivity contribution is 6.30. The molecule has 0 aromatic heterocycles. The minimum absolute atomic E-state index is 0.0155. The quantitative estimate of drug-likeness (QED) is 0.297. The first-order valence-electron chi connectivity index (χ1n) is 13.3. The predicted octanol–water partition coefficient (Wildman–Crippen LogP) is 2.41. The number of halogens is 1. The molecule has 1 aromatic carbocycles. The number of phenolic OH excluding ortho intramolecular Hbond substituents is 1. The number of aliphatic carboxylic acids is 2. The first-order valence-corrected chi connectivity index (χ1v) is 13.7. The van der Waals surface area contributed by atoms with E-state index in [1.807, 2.05) is 6.08 Å². The second kappa shape index (κ2) is 10.7. The largest absolute Gasteiger partial charge is 0.508 e. The maximum absolute atomic E-state index is 13.7. The summed E-state index contributed by atoms with van der Waals surface area (Å²) < 4.78 is 0. The van der Waals surface area contributed by atoms with Gasteiger partial charge in [-0.2, -0.15) is 0 Å². The number of carboxylic acid groups (broad SMARTS) is 2. The summed E-state index contributed by atoms with van der Waals surface area (Å²) in [5.74, 6) is -8.36. The van der Waals surface area contributed by atoms with E-state index in [0.29, 0.717) is 16.2 Å². The number of rotatable bonds is 9. The van der Waals surface area contributed by atoms with Gasteiger partial charge in [0.05, 0.1) is 23.7 Å². The Morgan fingerprint density at radius 1 is 0.825 bits per heavy atom. The van der Waals surface area contributed by atoms with Crippen molar-refractivity contribution >= 4 is 47.2 Å². The number of nitrogens with zero attached hydrogens (tertiary/aromatic N) is 2. The Labute approximate surface area is 234 Å². The van der Waals surface area contributed by atoms with E-state index in [4.69, 9.17) is 21.8 Å². The number of benzene rings is 1. The van der Waals surface area contributed by atoms with E-state index in [-0.39, 0.29) is 63.3 Å². The van der Waals surface area contributed by atoms with Crippen molar-refractivity contribution in [2.24, 2.45) is 29.6 Å². The average Bonchev–Trinajstić information content (AvgIpc) is 3.28. The molecule has 0 radical (unpaired) electrons. The molecule has 1 aromatic rings. The fourth-order valence-electron chi connectivity index (χ4n) is 7.06. The van der Waals surface area contributed by atoms with Crippen molar-refractivity contribution in [1.29, 1.82) is 0 Å². The van der Waals surface area contributed by atoms with Gasteiger partial charge in [-0.25, -0.2) is 0 Å². The van der Waals surface area contributed by atoms with Crippen molar-refractivity contribution < 1.29 is 44.1 Å². The van der Waals surface area contributed by atoms with E-state index in [1.54, 1.807) is 6.07 Å². The molecule has 11 nitrogen and oxygen atoms in total. The lowest BCUT2D eigenvalue weighted by molar-refractivity contribution is -0.143. The van der Waals surface area contributed by atoms with Crippen LogP contribution in [0.4, 0.5) is 0 Å². The van der Waals surface area contributed by atoms with E-state index in [2.05, 4.69) is 0 Å². The van der Waals surface area contributed by atoms with E-state index in [1.165, 1.54) is 12.1 Å². The zero-order valence-corrected chi connectivity index (χ0v) is 22.2. The summed E-state index contributed by atoms with van der Waals surface area (Å²) in [6.45, 7) is -0.0753. The molecule has 1 saturated carbocycles. The molecule has 0 unspecified atom stereocenters. The summed E-state index contributed by atoms with van der Waals surface area (Å²) in [5.41, 5.74) is 1.04. The van der Waals surface area contributed by atoms with Crippen LogP contribution in [-0.2, 0) is 28.8 Å². The number of phenols is 1. The van der Waals surface area contributed by atoms with Crippen LogP contribution in [0.2, 0.25) is 5.02 Å². The molecule has 2 aliphatic carbocycles. The Hall–Kier alpha value is -3.73. The number of allylic oxidation sites excluding steroid dienone is 2. The summed E-state index contributed by atoms with van der Waals surface area (Å²) in [4.78, 5) is 78.3. The van der Waals surface area contributed by atoms with Gasteiger partial charge in [-0.15, -0.1) is 0 Å². The first-order chi connectivity index (χ1) is 19.0. The van der Waals surface area contributed by atoms with Crippen molar-refractivity contribution in [2.45, 2.75) is 44.4 Å². The maximum atomic E-state index is 13.7. The van der Waals surface area contributed by atoms with Gasteiger partial charge in [-0.3, -0.25) is 38.6 Å². The molecule has 2 heterocycles. The van der Waals surface area contributed by atoms with Crippen LogP contribution in [0, 0.1) is 29.6 Å². The van der Waals surface area contributed by atoms with E-state index in [9.17, 15) is 33.9 Å². The third-order valence-electron chi connectivity index (χ3n) is 8.70. The Balaban J connectivity index is 1.52. The van der Waals surface area contributed by atoms with Crippen LogP contribution >= 0.6 is 11.6 Å². The van der Waals surface area contributed by atoms with Crippen LogP contribution in [0.3, 0.4) is 0 Å². The van der Waals surface area contributed by atoms with Crippen molar-refractivity contribution in [2.75, 3.05) is 13.1 Å². The number of imide groups is 2. The smallest absolute Gasteiger partial charge is 0.303 e. The number of hydrogen-bond acceptors (Lipinski definition) is 7. The fourth-order valence-corrected chi connectivity index (χ4v) is 7.24. The van der Waals surface area contributed by atoms with E-state index in [0.717, 1.165) is 9.80 Å². The Bertz CT molecular complexity index is 1340. The van der Waals surface area contributed by atoms with Gasteiger partial charge >= 0.3 is 11.9 Å². The number of carbonyl (C=O) groups excluding carboxylic acids is 4. The standard InChI is InChI=1S/C28H29ClN2O9/c29-13-5-8-19(32)17(11-13)22-14-6-7-15-23(27(39)30(25(15)37)9-1-3-20(33)34)16(14)12-18-24(22)28(40)31(26(18)38)10-2-4-21(35)36/h5-6,8,11,15-16,18,22-24,32H,1-4,7,9-10,12H2,(H,33,34)(H,35,36)/t15-,16+,18+,22+,23-,24+/m0/s1. The van der Waals surface area contributed by atoms with Crippen LogP contribution in [0.25, 0.3) is 0 Å². The van der Waals surface area contributed by atoms with Crippen molar-refractivity contribution in [3.63, 3.8) is 0 Å². The van der Waals surface area contributed by atoms with Crippen molar-refractivity contribution in [3.05, 3.63) is 40.4 Å². The lowest BCUT2D eigenvalue weighted by atomic mass is 9.57. The number of likely N-dealkylation sites (tertiary alicyclic amines) is 2. The zero-order valence-electron chi connectivity index (χ0n) is 21.5. The number of aromatic hydroxyl groups is 1. The Morgan fingerprint density at radius 2 is 1.40 bits per heavy atom. The van der Waals surface area contributed by atoms with Crippen LogP contribution in [-0.4, -0.2) is 73.8 Å². The molecule has 2 saturated heterocycles. The van der Waals surface area contributed by atoms with Gasteiger partial charge in [0.2, 0.25) is 23.6 Å². The molecule has 0 bridgehead atoms. The van der Waals surface area contributed by atoms with Crippen LogP contribution in [0.5, 0.6) is 5.75 Å². The molecule has 4 amide bonds. The molecular formula is C28H29ClN2O9. The maximum Gasteiger partial charge on any atom is 0.303 e. The van der Waals surface area contributed by atoms with Crippen LogP contribution in [0.15, 0.2) is 29.8 Å². The summed E-state index contributed by atoms with van der Waals surface area (Å²) in [7, 11) is 0. The highest BCUT2D eigenvalue weighted by Gasteiger charge is 2.62. The van der Waals surface area contributed by atoms with Gasteiger partial charge in [-0.05, 0) is 49.8 Å². The molecule has 4 aliphatic rings. The molecule has 40 heavy (non-hydrogen) atoms. The SMILES string of the molecule is O=C(O)CCCN1C(=O)[C@H]2[C@H](CC=C3[C@H]2C[C@H]2C(=O)N(CCCC(=O)O)C(=O)[C@H]2[C@H]3c2cc(Cl)ccc2O)C1=O. The number of amides is 4. The molecule has 12 heteroatoms. The lowest BCUT2D eigenvalue weighted by Crippen LogP contribution is -2.43. The highest BCUT2D eigenvalue weighted by Crippen LogP contribution is 2.58. The van der Waals surface area contributed by atoms with Gasteiger partial charge in [-0.1, -0.05) is 23.3 Å². The van der Waals surface area contributed by atoms with Crippen molar-refractivity contribution in [1.82, 2.24) is 9.80 Å². The van der Waals surface area contributed by atoms with Gasteiger partial charge in [0.1, 0.15) is 5.75 Å². The zero-order chi connectivity index (χ0) is 28.9. The summed E-state index contributed by atoms with van der Waals surface area (Å²) in [5, 5.41) is 29.2. The fraction of sp³-hybridized carbons (Fsp3) is 0.500. The van der Waals surface area contributed by atoms with E-state index < -0.39 is 65.2 Å². The number of fused-ring (bicyclic) bond motifs is 4. The molecule has 3 N–H and O–H groups in total. The molecule has 6 atom stereocenters. The van der Waals surface area contributed by atoms with Crippen molar-refractivity contribution in [3.8, 4) is 5.75 Å². The number of carbonyl (C=O) groups is 6. The topological polar surface area (TPSA) is 170 Å². The van der Waals surface area contributed by atoms with Gasteiger partial charge < -0.3 is 15.3 Å². The highest BCUT2D eigenvalue weighted by atomic mass is 35.5. The third-order valence-corrected chi connectivity index (χ3v) is 8.94. The molecular weight excluding hydrogens is 544 g/mol. The summed E-state index contributed by atoms with van der Waals surface area (Å²) in [6, 6.07) is 4.44. The lowest BCUT2D eigenvalue weighted by Gasteiger charge is -2.44. The average molecular weight is 573 g/mol. The summed E-state index contributed by atoms with van der Waals surface area (Å²) >= 11 is 6.27. The molecule has 3 fully saturated rings. The van der Waals surface area contributed by atoms with Gasteiger partial charge in [0.15, 0.2) is 0 Å². The number of hydrogen-bond donors (Lipinski definition) is 3. The molecule has 212 valence electrons. The van der Waals surface area contributed by atoms with Crippen LogP contribution < -0.4 is 0 Å². The minimum Gasteiger partial charge on any atom is -0.508 e. The Morgan fingerprint density at radius 3 is 2.00 bits per heavy atom. The predicted molar refractivity (Wildman–Crippen MR) is 138 cm³/mol. The second-order valence-electron chi connectivity index (χ2n) is 10.9. The Kier molecular flexibility index (Phi) is 7.43. The minimum atomic E-state index is -1.04. The number of carboxylic acids is 2. The molecule has 2 aliphatic heterocycles. The van der Waals surface area contributed by atoms with Gasteiger partial charge in [0, 0.05) is 42.4 Å². The monoisotopic (exact) mass is 572 g/mol. The first kappa shape index (κ1) is 27.8. The molecule has 5 rings (SSSR count). The second-order valence-corrected chi connectivity index (χ2v) is 11.3. The van der Waals surface area contributed by atoms with Crippen LogP contribution in [0.1, 0.15) is 50.0 Å². The normalized spacial score (nSPS) is 29.3.